The van der Waals surface area contributed by atoms with Gasteiger partial charge in [-0.15, -0.1) is 0 Å². The van der Waals surface area contributed by atoms with Crippen molar-refractivity contribution in [2.75, 3.05) is 25.9 Å². The molecule has 19 heavy (non-hydrogen) atoms. The molecule has 0 radical (unpaired) electrons. The molecule has 1 saturated heterocycles. The second-order valence-corrected chi connectivity index (χ2v) is 7.80. The fourth-order valence-corrected chi connectivity index (χ4v) is 3.38. The third-order valence-electron chi connectivity index (χ3n) is 4.95. The van der Waals surface area contributed by atoms with Crippen LogP contribution < -0.4 is 5.32 Å². The highest BCUT2D eigenvalue weighted by Crippen LogP contribution is 2.24. The maximum atomic E-state index is 11.5. The van der Waals surface area contributed by atoms with E-state index in [1.807, 2.05) is 6.26 Å². The van der Waals surface area contributed by atoms with Crippen molar-refractivity contribution in [3.8, 4) is 0 Å². The minimum atomic E-state index is -0.693. The largest absolute Gasteiger partial charge is 0.308 e. The lowest BCUT2D eigenvalue weighted by molar-refractivity contribution is 0.0697. The highest BCUT2D eigenvalue weighted by Gasteiger charge is 2.35. The van der Waals surface area contributed by atoms with Gasteiger partial charge in [0, 0.05) is 47.0 Å². The van der Waals surface area contributed by atoms with Gasteiger partial charge in [0.1, 0.15) is 0 Å². The van der Waals surface area contributed by atoms with Gasteiger partial charge in [-0.1, -0.05) is 27.7 Å². The molecule has 0 aliphatic carbocycles. The standard InChI is InChI=1S/C15H32N2OS/c1-6-14-11-16-15(7-2,8-3)12-17(14)10-9-13(4)19(5)18/h13-14,16H,6-12H2,1-5H3. The molecule has 1 rings (SSSR count). The second-order valence-electron chi connectivity index (χ2n) is 6.00. The van der Waals surface area contributed by atoms with Crippen LogP contribution in [-0.4, -0.2) is 51.8 Å². The summed E-state index contributed by atoms with van der Waals surface area (Å²) >= 11 is 0. The van der Waals surface area contributed by atoms with Gasteiger partial charge in [0.05, 0.1) is 0 Å². The second kappa shape index (κ2) is 7.75. The fraction of sp³-hybridized carbons (Fsp3) is 1.00. The van der Waals surface area contributed by atoms with Gasteiger partial charge in [0.25, 0.3) is 0 Å². The van der Waals surface area contributed by atoms with Crippen LogP contribution in [0.3, 0.4) is 0 Å². The Morgan fingerprint density at radius 2 is 2.00 bits per heavy atom. The van der Waals surface area contributed by atoms with Crippen molar-refractivity contribution in [1.29, 1.82) is 0 Å². The van der Waals surface area contributed by atoms with E-state index in [4.69, 9.17) is 0 Å². The van der Waals surface area contributed by atoms with E-state index in [9.17, 15) is 4.21 Å². The molecule has 1 fully saturated rings. The number of hydrogen-bond acceptors (Lipinski definition) is 3. The summed E-state index contributed by atoms with van der Waals surface area (Å²) in [6.07, 6.45) is 6.43. The lowest BCUT2D eigenvalue weighted by Gasteiger charge is -2.47. The summed E-state index contributed by atoms with van der Waals surface area (Å²) in [5.41, 5.74) is 0.292. The first-order chi connectivity index (χ1) is 8.98. The molecule has 1 heterocycles. The van der Waals surface area contributed by atoms with Gasteiger partial charge < -0.3 is 5.32 Å². The van der Waals surface area contributed by atoms with Gasteiger partial charge in [-0.3, -0.25) is 9.11 Å². The Balaban J connectivity index is 2.62. The Kier molecular flexibility index (Phi) is 6.98. The zero-order valence-corrected chi connectivity index (χ0v) is 14.2. The van der Waals surface area contributed by atoms with Crippen molar-refractivity contribution >= 4 is 10.8 Å². The number of nitrogens with one attached hydrogen (secondary N) is 1. The van der Waals surface area contributed by atoms with Crippen molar-refractivity contribution in [3.05, 3.63) is 0 Å². The predicted molar refractivity (Wildman–Crippen MR) is 85.1 cm³/mol. The van der Waals surface area contributed by atoms with Crippen LogP contribution in [0.2, 0.25) is 0 Å². The number of nitrogens with zero attached hydrogens (tertiary/aromatic N) is 1. The minimum Gasteiger partial charge on any atom is -0.308 e. The van der Waals surface area contributed by atoms with Crippen molar-refractivity contribution < 1.29 is 4.21 Å². The van der Waals surface area contributed by atoms with E-state index in [-0.39, 0.29) is 0 Å². The Labute approximate surface area is 122 Å². The van der Waals surface area contributed by atoms with Crippen LogP contribution >= 0.6 is 0 Å². The van der Waals surface area contributed by atoms with Crippen LogP contribution in [0.1, 0.15) is 53.4 Å². The summed E-state index contributed by atoms with van der Waals surface area (Å²) in [5, 5.41) is 4.08. The molecule has 0 aromatic carbocycles. The highest BCUT2D eigenvalue weighted by molar-refractivity contribution is 7.84. The normalized spacial score (nSPS) is 27.1. The topological polar surface area (TPSA) is 32.3 Å². The minimum absolute atomic E-state index is 0.292. The van der Waals surface area contributed by atoms with Crippen LogP contribution in [0.25, 0.3) is 0 Å². The van der Waals surface area contributed by atoms with Gasteiger partial charge in [-0.05, 0) is 32.2 Å². The maximum Gasteiger partial charge on any atom is 0.0329 e. The van der Waals surface area contributed by atoms with Crippen LogP contribution in [-0.2, 0) is 10.8 Å². The van der Waals surface area contributed by atoms with E-state index in [1.165, 1.54) is 19.3 Å². The number of hydrogen-bond donors (Lipinski definition) is 1. The van der Waals surface area contributed by atoms with E-state index >= 15 is 0 Å². The number of piperazine rings is 1. The molecule has 3 unspecified atom stereocenters. The monoisotopic (exact) mass is 288 g/mol. The quantitative estimate of drug-likeness (QED) is 0.781. The molecule has 1 aliphatic heterocycles. The van der Waals surface area contributed by atoms with Crippen LogP contribution in [0.5, 0.6) is 0 Å². The van der Waals surface area contributed by atoms with E-state index < -0.39 is 10.8 Å². The Morgan fingerprint density at radius 3 is 2.47 bits per heavy atom. The van der Waals surface area contributed by atoms with Gasteiger partial charge in [0.15, 0.2) is 0 Å². The molecule has 0 bridgehead atoms. The molecular weight excluding hydrogens is 256 g/mol. The van der Waals surface area contributed by atoms with Crippen LogP contribution in [0, 0.1) is 0 Å². The third kappa shape index (κ3) is 4.54. The van der Waals surface area contributed by atoms with Gasteiger partial charge in [-0.2, -0.15) is 0 Å². The SMILES string of the molecule is CCC1CNC(CC)(CC)CN1CCC(C)S(C)=O. The molecule has 3 nitrogen and oxygen atoms in total. The molecule has 0 amide bonds. The first-order valence-electron chi connectivity index (χ1n) is 7.79. The summed E-state index contributed by atoms with van der Waals surface area (Å²) in [4.78, 5) is 2.63. The van der Waals surface area contributed by atoms with Crippen LogP contribution in [0.15, 0.2) is 0 Å². The Hall–Kier alpha value is 0.0700. The Bertz CT molecular complexity index is 292. The van der Waals surface area contributed by atoms with Crippen molar-refractivity contribution in [2.45, 2.75) is 70.2 Å². The lowest BCUT2D eigenvalue weighted by Crippen LogP contribution is -2.63. The van der Waals surface area contributed by atoms with Gasteiger partial charge in [0.2, 0.25) is 0 Å². The molecule has 4 heteroatoms. The molecular formula is C15H32N2OS. The summed E-state index contributed by atoms with van der Waals surface area (Å²) in [7, 11) is -0.693. The first-order valence-corrected chi connectivity index (χ1v) is 9.41. The molecule has 114 valence electrons. The third-order valence-corrected chi connectivity index (χ3v) is 6.32. The van der Waals surface area contributed by atoms with E-state index in [1.54, 1.807) is 0 Å². The van der Waals surface area contributed by atoms with Crippen molar-refractivity contribution in [3.63, 3.8) is 0 Å². The molecule has 1 N–H and O–H groups in total. The molecule has 0 aromatic heterocycles. The fourth-order valence-electron chi connectivity index (χ4n) is 2.94. The number of rotatable bonds is 7. The smallest absolute Gasteiger partial charge is 0.0329 e. The van der Waals surface area contributed by atoms with E-state index in [0.29, 0.717) is 16.8 Å². The average Bonchev–Trinajstić information content (AvgIpc) is 2.44. The van der Waals surface area contributed by atoms with Gasteiger partial charge in [-0.25, -0.2) is 0 Å². The maximum absolute atomic E-state index is 11.5. The van der Waals surface area contributed by atoms with Crippen molar-refractivity contribution in [2.24, 2.45) is 0 Å². The summed E-state index contributed by atoms with van der Waals surface area (Å²) in [6, 6.07) is 0.642. The van der Waals surface area contributed by atoms with Gasteiger partial charge >= 0.3 is 0 Å². The molecule has 0 saturated carbocycles. The summed E-state index contributed by atoms with van der Waals surface area (Å²) in [6.45, 7) is 12.3. The Morgan fingerprint density at radius 1 is 1.37 bits per heavy atom. The highest BCUT2D eigenvalue weighted by atomic mass is 32.2. The predicted octanol–water partition coefficient (Wildman–Crippen LogP) is 2.39. The van der Waals surface area contributed by atoms with E-state index in [0.717, 1.165) is 26.1 Å². The zero-order valence-electron chi connectivity index (χ0n) is 13.4. The van der Waals surface area contributed by atoms with Crippen molar-refractivity contribution in [1.82, 2.24) is 10.2 Å². The average molecular weight is 289 g/mol. The first kappa shape index (κ1) is 17.1. The summed E-state index contributed by atoms with van der Waals surface area (Å²) in [5.74, 6) is 0. The molecule has 3 atom stereocenters. The van der Waals surface area contributed by atoms with E-state index in [2.05, 4.69) is 37.9 Å². The summed E-state index contributed by atoms with van der Waals surface area (Å²) < 4.78 is 11.5. The zero-order chi connectivity index (χ0) is 14.5. The molecule has 1 aliphatic rings. The lowest BCUT2D eigenvalue weighted by atomic mass is 9.88. The van der Waals surface area contributed by atoms with Crippen LogP contribution in [0.4, 0.5) is 0 Å². The molecule has 0 aromatic rings. The molecule has 0 spiro atoms.